The van der Waals surface area contributed by atoms with E-state index in [4.69, 9.17) is 4.74 Å². The van der Waals surface area contributed by atoms with Crippen LogP contribution in [0.4, 0.5) is 0 Å². The molecule has 0 N–H and O–H groups in total. The number of hydrogen-bond donors (Lipinski definition) is 0. The molecule has 0 radical (unpaired) electrons. The van der Waals surface area contributed by atoms with E-state index in [1.165, 1.54) is 5.56 Å². The molecule has 0 fully saturated rings. The molecule has 3 nitrogen and oxygen atoms in total. The van der Waals surface area contributed by atoms with Crippen LogP contribution in [0.2, 0.25) is 0 Å². The lowest BCUT2D eigenvalue weighted by Gasteiger charge is -2.18. The van der Waals surface area contributed by atoms with Gasteiger partial charge in [-0.05, 0) is 24.0 Å². The summed E-state index contributed by atoms with van der Waals surface area (Å²) < 4.78 is 5.79. The van der Waals surface area contributed by atoms with Gasteiger partial charge < -0.3 is 4.74 Å². The molecule has 3 rings (SSSR count). The van der Waals surface area contributed by atoms with Crippen LogP contribution in [-0.2, 0) is 16.0 Å². The number of rotatable bonds is 7. The first kappa shape index (κ1) is 16.8. The van der Waals surface area contributed by atoms with Crippen LogP contribution in [0.5, 0.6) is 0 Å². The number of aryl methyl sites for hydroxylation is 1. The molecule has 124 valence electrons. The Kier molecular flexibility index (Phi) is 6.07. The molecule has 0 aliphatic carbocycles. The quantitative estimate of drug-likeness (QED) is 0.700. The van der Waals surface area contributed by atoms with Gasteiger partial charge in [0.05, 0.1) is 11.5 Å². The maximum Gasteiger partial charge on any atom is 0.313 e. The molecular weight excluding hydrogens is 318 g/mol. The van der Waals surface area contributed by atoms with Crippen LogP contribution in [-0.4, -0.2) is 23.3 Å². The highest BCUT2D eigenvalue weighted by molar-refractivity contribution is 8.14. The standard InChI is InChI=1S/C20H21NO2S/c22-20(15-19-21-13-14-24-19)23-18(17-9-5-2-6-10-17)12-11-16-7-3-1-4-8-16/h1-10,18H,11-15H2. The zero-order valence-corrected chi connectivity index (χ0v) is 14.4. The van der Waals surface area contributed by atoms with Crippen LogP contribution in [0.15, 0.2) is 65.7 Å². The number of aliphatic imine (C=N–C) groups is 1. The summed E-state index contributed by atoms with van der Waals surface area (Å²) in [6.45, 7) is 0.809. The number of benzene rings is 2. The van der Waals surface area contributed by atoms with Gasteiger partial charge in [-0.15, -0.1) is 11.8 Å². The molecule has 1 heterocycles. The van der Waals surface area contributed by atoms with Crippen molar-refractivity contribution in [3.05, 3.63) is 71.8 Å². The largest absolute Gasteiger partial charge is 0.457 e. The Balaban J connectivity index is 1.64. The van der Waals surface area contributed by atoms with E-state index in [0.29, 0.717) is 6.42 Å². The van der Waals surface area contributed by atoms with Gasteiger partial charge in [0.25, 0.3) is 0 Å². The molecular formula is C20H21NO2S. The maximum absolute atomic E-state index is 12.3. The average Bonchev–Trinajstić information content (AvgIpc) is 3.13. The minimum atomic E-state index is -0.217. The van der Waals surface area contributed by atoms with E-state index in [9.17, 15) is 4.79 Å². The Morgan fingerprint density at radius 3 is 2.46 bits per heavy atom. The highest BCUT2D eigenvalue weighted by atomic mass is 32.2. The molecule has 0 amide bonds. The van der Waals surface area contributed by atoms with E-state index in [2.05, 4.69) is 17.1 Å². The SMILES string of the molecule is O=C(CC1=NCCS1)OC(CCc1ccccc1)c1ccccc1. The van der Waals surface area contributed by atoms with Gasteiger partial charge in [-0.2, -0.15) is 0 Å². The summed E-state index contributed by atoms with van der Waals surface area (Å²) in [6, 6.07) is 20.3. The Morgan fingerprint density at radius 2 is 1.79 bits per heavy atom. The Hall–Kier alpha value is -2.07. The molecule has 24 heavy (non-hydrogen) atoms. The van der Waals surface area contributed by atoms with Crippen LogP contribution in [0.3, 0.4) is 0 Å². The molecule has 0 spiro atoms. The van der Waals surface area contributed by atoms with Crippen molar-refractivity contribution in [2.45, 2.75) is 25.4 Å². The molecule has 0 bridgehead atoms. The third-order valence-corrected chi connectivity index (χ3v) is 4.92. The van der Waals surface area contributed by atoms with Gasteiger partial charge >= 0.3 is 5.97 Å². The maximum atomic E-state index is 12.3. The summed E-state index contributed by atoms with van der Waals surface area (Å²) >= 11 is 1.65. The summed E-state index contributed by atoms with van der Waals surface area (Å²) in [5, 5.41) is 0.898. The van der Waals surface area contributed by atoms with Crippen molar-refractivity contribution in [3.63, 3.8) is 0 Å². The molecule has 2 aromatic rings. The molecule has 0 aromatic heterocycles. The fourth-order valence-electron chi connectivity index (χ4n) is 2.71. The predicted molar refractivity (Wildman–Crippen MR) is 99.4 cm³/mol. The highest BCUT2D eigenvalue weighted by Gasteiger charge is 2.19. The van der Waals surface area contributed by atoms with Gasteiger partial charge in [-0.1, -0.05) is 60.7 Å². The summed E-state index contributed by atoms with van der Waals surface area (Å²) in [5.74, 6) is 0.781. The number of carbonyl (C=O) groups is 1. The molecule has 0 saturated carbocycles. The third kappa shape index (κ3) is 4.96. The first-order valence-corrected chi connectivity index (χ1v) is 9.24. The molecule has 4 heteroatoms. The smallest absolute Gasteiger partial charge is 0.313 e. The lowest BCUT2D eigenvalue weighted by atomic mass is 10.0. The second kappa shape index (κ2) is 8.69. The Labute approximate surface area is 147 Å². The number of esters is 1. The fourth-order valence-corrected chi connectivity index (χ4v) is 3.53. The van der Waals surface area contributed by atoms with Crippen LogP contribution in [0, 0.1) is 0 Å². The van der Waals surface area contributed by atoms with E-state index >= 15 is 0 Å². The van der Waals surface area contributed by atoms with Crippen LogP contribution < -0.4 is 0 Å². The summed E-state index contributed by atoms with van der Waals surface area (Å²) in [4.78, 5) is 16.6. The predicted octanol–water partition coefficient (Wildman–Crippen LogP) is 4.44. The van der Waals surface area contributed by atoms with Gasteiger partial charge in [0, 0.05) is 12.3 Å². The Morgan fingerprint density at radius 1 is 1.08 bits per heavy atom. The fraction of sp³-hybridized carbons (Fsp3) is 0.300. The number of hydrogen-bond acceptors (Lipinski definition) is 4. The van der Waals surface area contributed by atoms with E-state index < -0.39 is 0 Å². The lowest BCUT2D eigenvalue weighted by Crippen LogP contribution is -2.14. The average molecular weight is 339 g/mol. The lowest BCUT2D eigenvalue weighted by molar-refractivity contribution is -0.148. The van der Waals surface area contributed by atoms with E-state index in [1.807, 2.05) is 48.5 Å². The monoisotopic (exact) mass is 339 g/mol. The van der Waals surface area contributed by atoms with Gasteiger partial charge in [0.15, 0.2) is 0 Å². The zero-order chi connectivity index (χ0) is 16.6. The summed E-state index contributed by atoms with van der Waals surface area (Å²) in [6.07, 6.45) is 1.73. The van der Waals surface area contributed by atoms with Crippen LogP contribution in [0.1, 0.15) is 30.1 Å². The van der Waals surface area contributed by atoms with Crippen LogP contribution >= 0.6 is 11.8 Å². The van der Waals surface area contributed by atoms with E-state index in [-0.39, 0.29) is 12.1 Å². The second-order valence-corrected chi connectivity index (χ2v) is 6.88. The zero-order valence-electron chi connectivity index (χ0n) is 13.6. The second-order valence-electron chi connectivity index (χ2n) is 5.71. The molecule has 1 atom stereocenters. The van der Waals surface area contributed by atoms with Crippen molar-refractivity contribution in [2.75, 3.05) is 12.3 Å². The first-order valence-electron chi connectivity index (χ1n) is 8.26. The van der Waals surface area contributed by atoms with Crippen molar-refractivity contribution < 1.29 is 9.53 Å². The van der Waals surface area contributed by atoms with Gasteiger partial charge in [-0.25, -0.2) is 0 Å². The number of nitrogens with zero attached hydrogens (tertiary/aromatic N) is 1. The van der Waals surface area contributed by atoms with Gasteiger partial charge in [0.2, 0.25) is 0 Å². The molecule has 0 saturated heterocycles. The molecule has 1 aliphatic heterocycles. The number of ether oxygens (including phenoxy) is 1. The van der Waals surface area contributed by atoms with Crippen molar-refractivity contribution in [2.24, 2.45) is 4.99 Å². The highest BCUT2D eigenvalue weighted by Crippen LogP contribution is 2.25. The van der Waals surface area contributed by atoms with E-state index in [1.54, 1.807) is 11.8 Å². The van der Waals surface area contributed by atoms with E-state index in [0.717, 1.165) is 35.7 Å². The number of carbonyl (C=O) groups excluding carboxylic acids is 1. The van der Waals surface area contributed by atoms with Crippen molar-refractivity contribution in [3.8, 4) is 0 Å². The van der Waals surface area contributed by atoms with Gasteiger partial charge in [0.1, 0.15) is 6.10 Å². The van der Waals surface area contributed by atoms with Crippen molar-refractivity contribution in [1.82, 2.24) is 0 Å². The van der Waals surface area contributed by atoms with Crippen LogP contribution in [0.25, 0.3) is 0 Å². The summed E-state index contributed by atoms with van der Waals surface area (Å²) in [7, 11) is 0. The van der Waals surface area contributed by atoms with Crippen molar-refractivity contribution >= 4 is 22.8 Å². The number of thioether (sulfide) groups is 1. The van der Waals surface area contributed by atoms with Crippen molar-refractivity contribution in [1.29, 1.82) is 0 Å². The molecule has 2 aromatic carbocycles. The molecule has 1 unspecified atom stereocenters. The topological polar surface area (TPSA) is 38.7 Å². The first-order chi connectivity index (χ1) is 11.8. The minimum absolute atomic E-state index is 0.190. The van der Waals surface area contributed by atoms with Gasteiger partial charge in [-0.3, -0.25) is 9.79 Å². The Bertz CT molecular complexity index is 685. The molecule has 1 aliphatic rings. The summed E-state index contributed by atoms with van der Waals surface area (Å²) in [5.41, 5.74) is 2.30. The minimum Gasteiger partial charge on any atom is -0.457 e. The third-order valence-electron chi connectivity index (χ3n) is 3.93. The normalized spacial score (nSPS) is 14.9.